The molecule has 0 aliphatic rings. The summed E-state index contributed by atoms with van der Waals surface area (Å²) in [5.74, 6) is -0.980. The lowest BCUT2D eigenvalue weighted by molar-refractivity contribution is -0.117. The monoisotopic (exact) mass is 376 g/mol. The van der Waals surface area contributed by atoms with Crippen molar-refractivity contribution in [1.82, 2.24) is 5.32 Å². The molecule has 0 saturated carbocycles. The van der Waals surface area contributed by atoms with Crippen LogP contribution in [-0.2, 0) is 14.6 Å². The van der Waals surface area contributed by atoms with E-state index in [1.165, 1.54) is 11.3 Å². The van der Waals surface area contributed by atoms with Crippen LogP contribution in [0.3, 0.4) is 0 Å². The van der Waals surface area contributed by atoms with Crippen molar-refractivity contribution in [2.24, 2.45) is 0 Å². The second-order valence-corrected chi connectivity index (χ2v) is 8.91. The molecule has 25 heavy (non-hydrogen) atoms. The van der Waals surface area contributed by atoms with Crippen molar-refractivity contribution in [1.29, 1.82) is 5.26 Å². The van der Waals surface area contributed by atoms with Gasteiger partial charge in [0.25, 0.3) is 0 Å². The van der Waals surface area contributed by atoms with Crippen LogP contribution >= 0.6 is 11.3 Å². The maximum Gasteiger partial charge on any atom is 0.248 e. The Morgan fingerprint density at radius 3 is 2.80 bits per heavy atom. The molecule has 0 saturated heterocycles. The molecule has 2 aromatic rings. The molecule has 0 unspecified atom stereocenters. The molecule has 0 radical (unpaired) electrons. The molecule has 5 nitrogen and oxygen atoms in total. The van der Waals surface area contributed by atoms with Gasteiger partial charge in [0.15, 0.2) is 9.84 Å². The van der Waals surface area contributed by atoms with Crippen LogP contribution in [0.15, 0.2) is 35.9 Å². The van der Waals surface area contributed by atoms with E-state index in [2.05, 4.69) is 5.32 Å². The molecule has 2 rings (SSSR count). The first-order chi connectivity index (χ1) is 11.9. The third kappa shape index (κ3) is 5.69. The van der Waals surface area contributed by atoms with Gasteiger partial charge < -0.3 is 5.32 Å². The Labute approximate surface area is 151 Å². The van der Waals surface area contributed by atoms with Crippen LogP contribution in [-0.4, -0.2) is 32.4 Å². The van der Waals surface area contributed by atoms with Crippen molar-refractivity contribution in [3.8, 4) is 6.07 Å². The predicted molar refractivity (Wildman–Crippen MR) is 102 cm³/mol. The van der Waals surface area contributed by atoms with Crippen molar-refractivity contribution < 1.29 is 13.2 Å². The summed E-state index contributed by atoms with van der Waals surface area (Å²) in [6.45, 7) is 2.42. The lowest BCUT2D eigenvalue weighted by atomic mass is 10.2. The van der Waals surface area contributed by atoms with Gasteiger partial charge in [0.1, 0.15) is 0 Å². The van der Waals surface area contributed by atoms with Crippen LogP contribution in [0.5, 0.6) is 0 Å². The largest absolute Gasteiger partial charge is 0.352 e. The number of carbonyl (C=O) groups is 1. The molecule has 0 spiro atoms. The summed E-state index contributed by atoms with van der Waals surface area (Å²) in [6, 6.07) is 11.6. The van der Waals surface area contributed by atoms with E-state index in [1.54, 1.807) is 6.08 Å². The summed E-state index contributed by atoms with van der Waals surface area (Å²) >= 11 is 1.51. The smallest absolute Gasteiger partial charge is 0.248 e. The minimum atomic E-state index is -3.51. The van der Waals surface area contributed by atoms with Crippen LogP contribution < -0.4 is 5.32 Å². The zero-order valence-corrected chi connectivity index (χ0v) is 15.6. The van der Waals surface area contributed by atoms with Gasteiger partial charge >= 0.3 is 0 Å². The van der Waals surface area contributed by atoms with E-state index in [0.29, 0.717) is 6.54 Å². The lowest BCUT2D eigenvalue weighted by Gasteiger charge is -2.08. The second kappa shape index (κ2) is 8.79. The van der Waals surface area contributed by atoms with Gasteiger partial charge in [0.2, 0.25) is 5.91 Å². The fourth-order valence-electron chi connectivity index (χ4n) is 2.28. The number of nitriles is 1. The highest BCUT2D eigenvalue weighted by Crippen LogP contribution is 2.27. The topological polar surface area (TPSA) is 87.0 Å². The van der Waals surface area contributed by atoms with Gasteiger partial charge in [0.05, 0.1) is 17.6 Å². The van der Waals surface area contributed by atoms with Crippen LogP contribution in [0.1, 0.15) is 24.6 Å². The number of benzene rings is 1. The molecule has 1 aromatic heterocycles. The van der Waals surface area contributed by atoms with Crippen LogP contribution in [0.4, 0.5) is 0 Å². The van der Waals surface area contributed by atoms with E-state index >= 15 is 0 Å². The fourth-order valence-corrected chi connectivity index (χ4v) is 4.55. The Morgan fingerprint density at radius 2 is 2.12 bits per heavy atom. The zero-order chi connectivity index (χ0) is 18.3. The molecular formula is C18H20N2O3S2. The van der Waals surface area contributed by atoms with Gasteiger partial charge in [0, 0.05) is 28.1 Å². The van der Waals surface area contributed by atoms with Crippen LogP contribution in [0.25, 0.3) is 16.2 Å². The van der Waals surface area contributed by atoms with E-state index in [4.69, 9.17) is 5.26 Å². The molecule has 1 amide bonds. The number of nitrogens with zero attached hydrogens (tertiary/aromatic N) is 1. The Kier molecular flexibility index (Phi) is 6.73. The van der Waals surface area contributed by atoms with Gasteiger partial charge in [-0.15, -0.1) is 11.3 Å². The first-order valence-corrected chi connectivity index (χ1v) is 10.6. The third-order valence-electron chi connectivity index (χ3n) is 3.49. The maximum atomic E-state index is 12.4. The molecule has 0 fully saturated rings. The van der Waals surface area contributed by atoms with Crippen molar-refractivity contribution in [3.63, 3.8) is 0 Å². The summed E-state index contributed by atoms with van der Waals surface area (Å²) in [6.07, 6.45) is 2.33. The fraction of sp³-hybridized carbons (Fsp3) is 0.333. The average Bonchev–Trinajstić information content (AvgIpc) is 2.99. The predicted octanol–water partition coefficient (Wildman–Crippen LogP) is 3.14. The molecule has 7 heteroatoms. The summed E-state index contributed by atoms with van der Waals surface area (Å²) in [4.78, 5) is 13.2. The molecule has 0 aliphatic heterocycles. The summed E-state index contributed by atoms with van der Waals surface area (Å²) in [5, 5.41) is 12.4. The molecule has 1 N–H and O–H groups in total. The standard InChI is InChI=1S/C18H20N2O3S2/c1-2-9-20-18(21)15(13-25(22,23)10-5-8-19)12-16-11-14-6-3-4-7-17(14)24-16/h3-4,6-7,11-12H,2,5,9-10,13H2,1H3,(H,20,21)/b15-12+. The highest BCUT2D eigenvalue weighted by Gasteiger charge is 2.19. The Bertz CT molecular complexity index is 888. The summed E-state index contributed by atoms with van der Waals surface area (Å²) < 4.78 is 25.4. The minimum Gasteiger partial charge on any atom is -0.352 e. The van der Waals surface area contributed by atoms with Gasteiger partial charge in [-0.05, 0) is 30.0 Å². The number of nitrogens with one attached hydrogen (secondary N) is 1. The van der Waals surface area contributed by atoms with E-state index in [1.807, 2.05) is 43.3 Å². The van der Waals surface area contributed by atoms with Gasteiger partial charge in [-0.1, -0.05) is 25.1 Å². The van der Waals surface area contributed by atoms with E-state index < -0.39 is 9.84 Å². The number of sulfone groups is 1. The van der Waals surface area contributed by atoms with Gasteiger partial charge in [-0.25, -0.2) is 8.42 Å². The van der Waals surface area contributed by atoms with Crippen molar-refractivity contribution in [2.75, 3.05) is 18.1 Å². The zero-order valence-electron chi connectivity index (χ0n) is 14.0. The molecule has 132 valence electrons. The number of fused-ring (bicyclic) bond motifs is 1. The first-order valence-electron chi connectivity index (χ1n) is 8.00. The van der Waals surface area contributed by atoms with Gasteiger partial charge in [-0.3, -0.25) is 4.79 Å². The molecule has 0 bridgehead atoms. The molecule has 0 aliphatic carbocycles. The Balaban J connectivity index is 2.32. The molecule has 0 atom stereocenters. The number of amides is 1. The number of hydrogen-bond acceptors (Lipinski definition) is 5. The number of rotatable bonds is 8. The van der Waals surface area contributed by atoms with Crippen LogP contribution in [0.2, 0.25) is 0 Å². The second-order valence-electron chi connectivity index (χ2n) is 5.61. The SMILES string of the molecule is CCCNC(=O)/C(=C/c1cc2ccccc2s1)CS(=O)(=O)CCC#N. The van der Waals surface area contributed by atoms with Crippen molar-refractivity contribution in [3.05, 3.63) is 40.8 Å². The lowest BCUT2D eigenvalue weighted by Crippen LogP contribution is -2.29. The number of carbonyl (C=O) groups excluding carboxylic acids is 1. The van der Waals surface area contributed by atoms with Crippen LogP contribution in [0, 0.1) is 11.3 Å². The highest BCUT2D eigenvalue weighted by molar-refractivity contribution is 7.91. The number of thiophene rings is 1. The minimum absolute atomic E-state index is 0.0743. The average molecular weight is 377 g/mol. The summed E-state index contributed by atoms with van der Waals surface area (Å²) in [7, 11) is -3.51. The number of hydrogen-bond donors (Lipinski definition) is 1. The Morgan fingerprint density at radius 1 is 1.36 bits per heavy atom. The van der Waals surface area contributed by atoms with Crippen molar-refractivity contribution >= 4 is 43.2 Å². The maximum absolute atomic E-state index is 12.4. The summed E-state index contributed by atoms with van der Waals surface area (Å²) in [5.41, 5.74) is 0.206. The highest BCUT2D eigenvalue weighted by atomic mass is 32.2. The first kappa shape index (κ1) is 19.2. The van der Waals surface area contributed by atoms with Gasteiger partial charge in [-0.2, -0.15) is 5.26 Å². The third-order valence-corrected chi connectivity index (χ3v) is 6.13. The molecule has 1 heterocycles. The van der Waals surface area contributed by atoms with E-state index in [9.17, 15) is 13.2 Å². The quantitative estimate of drug-likeness (QED) is 0.717. The Hall–Kier alpha value is -2.17. The van der Waals surface area contributed by atoms with E-state index in [-0.39, 0.29) is 29.4 Å². The van der Waals surface area contributed by atoms with E-state index in [0.717, 1.165) is 21.4 Å². The van der Waals surface area contributed by atoms with Crippen molar-refractivity contribution in [2.45, 2.75) is 19.8 Å². The molecular weight excluding hydrogens is 356 g/mol. The normalized spacial score (nSPS) is 12.1. The molecule has 1 aromatic carbocycles.